The fraction of sp³-hybridized carbons (Fsp3) is 0.174. The van der Waals surface area contributed by atoms with E-state index in [2.05, 4.69) is 0 Å². The Labute approximate surface area is 164 Å². The number of para-hydroxylation sites is 1. The zero-order valence-electron chi connectivity index (χ0n) is 16.1. The van der Waals surface area contributed by atoms with E-state index in [0.717, 1.165) is 17.1 Å². The van der Waals surface area contributed by atoms with E-state index in [0.29, 0.717) is 29.4 Å². The van der Waals surface area contributed by atoms with Crippen LogP contribution in [-0.4, -0.2) is 20.0 Å². The highest BCUT2D eigenvalue weighted by Gasteiger charge is 2.17. The second-order valence-corrected chi connectivity index (χ2v) is 6.11. The van der Waals surface area contributed by atoms with E-state index in [1.54, 1.807) is 19.2 Å². The lowest BCUT2D eigenvalue weighted by atomic mass is 10.1. The number of carbonyl (C=O) groups is 1. The summed E-state index contributed by atoms with van der Waals surface area (Å²) in [5, 5.41) is 0. The summed E-state index contributed by atoms with van der Waals surface area (Å²) in [5.41, 5.74) is 1.34. The van der Waals surface area contributed by atoms with Gasteiger partial charge in [0.15, 0.2) is 5.78 Å². The summed E-state index contributed by atoms with van der Waals surface area (Å²) in [7, 11) is 3.06. The molecule has 0 radical (unpaired) electrons. The highest BCUT2D eigenvalue weighted by Crippen LogP contribution is 2.35. The summed E-state index contributed by atoms with van der Waals surface area (Å²) >= 11 is 0. The van der Waals surface area contributed by atoms with E-state index in [1.165, 1.54) is 14.0 Å². The molecule has 0 saturated carbocycles. The molecule has 3 aromatic carbocycles. The second-order valence-electron chi connectivity index (χ2n) is 6.11. The quantitative estimate of drug-likeness (QED) is 0.499. The Morgan fingerprint density at radius 2 is 1.43 bits per heavy atom. The van der Waals surface area contributed by atoms with Crippen molar-refractivity contribution >= 4 is 5.78 Å². The van der Waals surface area contributed by atoms with Crippen LogP contribution >= 0.6 is 0 Å². The van der Waals surface area contributed by atoms with E-state index in [-0.39, 0.29) is 5.78 Å². The molecule has 0 aromatic heterocycles. The maximum Gasteiger partial charge on any atom is 0.167 e. The van der Waals surface area contributed by atoms with Crippen LogP contribution in [0.5, 0.6) is 28.7 Å². The molecule has 0 bridgehead atoms. The standard InChI is InChI=1S/C23H22O5/c1-16(24)23-21(26-3)13-20(25-2)14-22(23)27-15-17-9-11-19(12-10-17)28-18-7-5-4-6-8-18/h4-14H,15H2,1-3H3. The Balaban J connectivity index is 1.74. The van der Waals surface area contributed by atoms with Gasteiger partial charge >= 0.3 is 0 Å². The first-order valence-corrected chi connectivity index (χ1v) is 8.82. The lowest BCUT2D eigenvalue weighted by Crippen LogP contribution is -2.05. The Morgan fingerprint density at radius 3 is 2.04 bits per heavy atom. The maximum atomic E-state index is 12.1. The van der Waals surface area contributed by atoms with Gasteiger partial charge in [-0.2, -0.15) is 0 Å². The Bertz CT molecular complexity index is 933. The highest BCUT2D eigenvalue weighted by molar-refractivity contribution is 6.00. The molecule has 5 nitrogen and oxygen atoms in total. The van der Waals surface area contributed by atoms with Crippen LogP contribution in [0, 0.1) is 0 Å². The van der Waals surface area contributed by atoms with Crippen molar-refractivity contribution in [2.24, 2.45) is 0 Å². The van der Waals surface area contributed by atoms with Gasteiger partial charge in [0, 0.05) is 12.1 Å². The van der Waals surface area contributed by atoms with E-state index in [9.17, 15) is 4.79 Å². The number of carbonyl (C=O) groups excluding carboxylic acids is 1. The van der Waals surface area contributed by atoms with Crippen molar-refractivity contribution in [3.05, 3.63) is 77.9 Å². The average molecular weight is 378 g/mol. The minimum absolute atomic E-state index is 0.138. The van der Waals surface area contributed by atoms with Crippen LogP contribution in [0.2, 0.25) is 0 Å². The van der Waals surface area contributed by atoms with Gasteiger partial charge in [0.25, 0.3) is 0 Å². The third-order valence-corrected chi connectivity index (χ3v) is 4.14. The minimum atomic E-state index is -0.138. The largest absolute Gasteiger partial charge is 0.496 e. The van der Waals surface area contributed by atoms with Crippen molar-refractivity contribution in [1.29, 1.82) is 0 Å². The van der Waals surface area contributed by atoms with E-state index < -0.39 is 0 Å². The number of Topliss-reactive ketones (excluding diaryl/α,β-unsaturated/α-hetero) is 1. The van der Waals surface area contributed by atoms with Crippen molar-refractivity contribution < 1.29 is 23.7 Å². The molecule has 0 spiro atoms. The molecule has 0 unspecified atom stereocenters. The third kappa shape index (κ3) is 4.62. The van der Waals surface area contributed by atoms with E-state index in [1.807, 2.05) is 54.6 Å². The van der Waals surface area contributed by atoms with Crippen LogP contribution in [0.25, 0.3) is 0 Å². The fourth-order valence-electron chi connectivity index (χ4n) is 2.74. The van der Waals surface area contributed by atoms with Gasteiger partial charge in [0.05, 0.1) is 14.2 Å². The number of methoxy groups -OCH3 is 2. The van der Waals surface area contributed by atoms with Gasteiger partial charge in [-0.3, -0.25) is 4.79 Å². The molecule has 3 rings (SSSR count). The first kappa shape index (κ1) is 19.3. The number of benzene rings is 3. The van der Waals surface area contributed by atoms with Crippen LogP contribution in [0.3, 0.4) is 0 Å². The molecule has 0 aliphatic carbocycles. The Morgan fingerprint density at radius 1 is 0.786 bits per heavy atom. The van der Waals surface area contributed by atoms with Crippen molar-refractivity contribution in [3.8, 4) is 28.7 Å². The molecular formula is C23H22O5. The van der Waals surface area contributed by atoms with Crippen LogP contribution in [0.1, 0.15) is 22.8 Å². The first-order valence-electron chi connectivity index (χ1n) is 8.82. The predicted octanol–water partition coefficient (Wildman–Crippen LogP) is 5.28. The zero-order valence-corrected chi connectivity index (χ0v) is 16.1. The molecule has 144 valence electrons. The topological polar surface area (TPSA) is 54.0 Å². The van der Waals surface area contributed by atoms with E-state index >= 15 is 0 Å². The number of hydrogen-bond donors (Lipinski definition) is 0. The molecule has 3 aromatic rings. The van der Waals surface area contributed by atoms with E-state index in [4.69, 9.17) is 18.9 Å². The van der Waals surface area contributed by atoms with Crippen molar-refractivity contribution in [3.63, 3.8) is 0 Å². The molecule has 0 atom stereocenters. The van der Waals surface area contributed by atoms with Crippen LogP contribution < -0.4 is 18.9 Å². The molecule has 0 heterocycles. The monoisotopic (exact) mass is 378 g/mol. The van der Waals surface area contributed by atoms with Crippen molar-refractivity contribution in [2.75, 3.05) is 14.2 Å². The zero-order chi connectivity index (χ0) is 19.9. The second kappa shape index (κ2) is 8.95. The Hall–Kier alpha value is -3.47. The molecule has 0 amide bonds. The summed E-state index contributed by atoms with van der Waals surface area (Å²) in [6, 6.07) is 20.5. The molecule has 0 aliphatic rings. The minimum Gasteiger partial charge on any atom is -0.496 e. The summed E-state index contributed by atoms with van der Waals surface area (Å²) in [6.07, 6.45) is 0. The van der Waals surface area contributed by atoms with Gasteiger partial charge in [0.2, 0.25) is 0 Å². The van der Waals surface area contributed by atoms with Crippen LogP contribution in [-0.2, 0) is 6.61 Å². The molecular weight excluding hydrogens is 356 g/mol. The summed E-state index contributed by atoms with van der Waals surface area (Å²) in [6.45, 7) is 1.77. The fourth-order valence-corrected chi connectivity index (χ4v) is 2.74. The van der Waals surface area contributed by atoms with Crippen LogP contribution in [0.15, 0.2) is 66.7 Å². The number of ketones is 1. The summed E-state index contributed by atoms with van der Waals surface area (Å²) in [5.74, 6) is 2.79. The van der Waals surface area contributed by atoms with Gasteiger partial charge in [-0.1, -0.05) is 30.3 Å². The number of ether oxygens (including phenoxy) is 4. The molecule has 0 aliphatic heterocycles. The highest BCUT2D eigenvalue weighted by atomic mass is 16.5. The van der Waals surface area contributed by atoms with Crippen molar-refractivity contribution in [1.82, 2.24) is 0 Å². The van der Waals surface area contributed by atoms with Gasteiger partial charge in [-0.25, -0.2) is 0 Å². The molecule has 28 heavy (non-hydrogen) atoms. The Kier molecular flexibility index (Phi) is 6.17. The van der Waals surface area contributed by atoms with Gasteiger partial charge in [-0.05, 0) is 36.8 Å². The summed E-state index contributed by atoms with van der Waals surface area (Å²) < 4.78 is 22.3. The molecule has 0 N–H and O–H groups in total. The maximum absolute atomic E-state index is 12.1. The van der Waals surface area contributed by atoms with Gasteiger partial charge < -0.3 is 18.9 Å². The number of hydrogen-bond acceptors (Lipinski definition) is 5. The third-order valence-electron chi connectivity index (χ3n) is 4.14. The molecule has 0 fully saturated rings. The normalized spacial score (nSPS) is 10.2. The lowest BCUT2D eigenvalue weighted by molar-refractivity contribution is 0.101. The SMILES string of the molecule is COc1cc(OC)c(C(C)=O)c(OCc2ccc(Oc3ccccc3)cc2)c1. The smallest absolute Gasteiger partial charge is 0.167 e. The average Bonchev–Trinajstić information content (AvgIpc) is 2.73. The first-order chi connectivity index (χ1) is 13.6. The van der Waals surface area contributed by atoms with Gasteiger partial charge in [-0.15, -0.1) is 0 Å². The molecule has 5 heteroatoms. The molecule has 0 saturated heterocycles. The van der Waals surface area contributed by atoms with Crippen molar-refractivity contribution in [2.45, 2.75) is 13.5 Å². The number of rotatable bonds is 8. The predicted molar refractivity (Wildman–Crippen MR) is 107 cm³/mol. The summed E-state index contributed by atoms with van der Waals surface area (Å²) in [4.78, 5) is 12.1. The van der Waals surface area contributed by atoms with Gasteiger partial charge in [0.1, 0.15) is 40.9 Å². The van der Waals surface area contributed by atoms with Crippen LogP contribution in [0.4, 0.5) is 0 Å². The lowest BCUT2D eigenvalue weighted by Gasteiger charge is -2.15.